The van der Waals surface area contributed by atoms with Crippen molar-refractivity contribution in [2.24, 2.45) is 5.41 Å². The zero-order chi connectivity index (χ0) is 12.6. The van der Waals surface area contributed by atoms with Gasteiger partial charge in [-0.05, 0) is 25.0 Å². The van der Waals surface area contributed by atoms with Gasteiger partial charge >= 0.3 is 0 Å². The lowest BCUT2D eigenvalue weighted by molar-refractivity contribution is 0.215. The van der Waals surface area contributed by atoms with Crippen LogP contribution in [0.4, 0.5) is 17.1 Å². The summed E-state index contributed by atoms with van der Waals surface area (Å²) in [4.78, 5) is 2.36. The first-order valence-electron chi connectivity index (χ1n) is 7.04. The monoisotopic (exact) mass is 245 g/mol. The van der Waals surface area contributed by atoms with Gasteiger partial charge in [0.1, 0.15) is 0 Å². The third-order valence-electron chi connectivity index (χ3n) is 4.59. The zero-order valence-corrected chi connectivity index (χ0v) is 11.2. The lowest BCUT2D eigenvalue weighted by atomic mass is 9.74. The maximum absolute atomic E-state index is 6.14. The second-order valence-corrected chi connectivity index (χ2v) is 6.01. The number of nitrogens with zero attached hydrogens (tertiary/aromatic N) is 1. The number of para-hydroxylation sites is 1. The molecule has 1 heterocycles. The molecule has 98 valence electrons. The van der Waals surface area contributed by atoms with E-state index in [1.807, 2.05) is 12.1 Å². The molecule has 0 atom stereocenters. The molecule has 0 radical (unpaired) electrons. The van der Waals surface area contributed by atoms with Crippen molar-refractivity contribution in [3.63, 3.8) is 0 Å². The Hall–Kier alpha value is -1.38. The van der Waals surface area contributed by atoms with Gasteiger partial charge in [0, 0.05) is 25.6 Å². The fraction of sp³-hybridized carbons (Fsp3) is 0.600. The number of nitrogens with one attached hydrogen (secondary N) is 1. The van der Waals surface area contributed by atoms with Gasteiger partial charge in [-0.2, -0.15) is 0 Å². The van der Waals surface area contributed by atoms with Crippen LogP contribution in [0.5, 0.6) is 0 Å². The van der Waals surface area contributed by atoms with E-state index in [0.29, 0.717) is 5.41 Å². The van der Waals surface area contributed by atoms with E-state index in [-0.39, 0.29) is 0 Å². The topological polar surface area (TPSA) is 41.3 Å². The minimum absolute atomic E-state index is 0.443. The molecule has 0 aromatic heterocycles. The molecule has 1 fully saturated rings. The van der Waals surface area contributed by atoms with Crippen LogP contribution in [-0.4, -0.2) is 20.1 Å². The predicted molar refractivity (Wildman–Crippen MR) is 78.1 cm³/mol. The van der Waals surface area contributed by atoms with E-state index in [0.717, 1.165) is 18.8 Å². The van der Waals surface area contributed by atoms with Crippen molar-refractivity contribution in [2.45, 2.75) is 32.1 Å². The number of hydrogen-bond acceptors (Lipinski definition) is 3. The molecule has 0 unspecified atom stereocenters. The molecule has 3 N–H and O–H groups in total. The maximum Gasteiger partial charge on any atom is 0.0833 e. The van der Waals surface area contributed by atoms with E-state index in [1.165, 1.54) is 43.5 Å². The van der Waals surface area contributed by atoms with Crippen molar-refractivity contribution in [3.05, 3.63) is 18.2 Å². The zero-order valence-electron chi connectivity index (χ0n) is 11.2. The fourth-order valence-corrected chi connectivity index (χ4v) is 3.69. The molecule has 1 aromatic carbocycles. The minimum atomic E-state index is 0.443. The third kappa shape index (κ3) is 1.92. The van der Waals surface area contributed by atoms with Gasteiger partial charge in [-0.15, -0.1) is 0 Å². The molecule has 2 aliphatic rings. The van der Waals surface area contributed by atoms with Crippen molar-refractivity contribution in [1.29, 1.82) is 0 Å². The van der Waals surface area contributed by atoms with Gasteiger partial charge in [0.25, 0.3) is 0 Å². The highest BCUT2D eigenvalue weighted by Crippen LogP contribution is 2.43. The third-order valence-corrected chi connectivity index (χ3v) is 4.59. The molecule has 3 rings (SSSR count). The molecule has 0 bridgehead atoms. The summed E-state index contributed by atoms with van der Waals surface area (Å²) in [5.41, 5.74) is 9.84. The molecule has 1 aromatic rings. The van der Waals surface area contributed by atoms with Gasteiger partial charge in [0.15, 0.2) is 0 Å². The molecule has 3 heteroatoms. The lowest BCUT2D eigenvalue weighted by Gasteiger charge is -2.38. The Morgan fingerprint density at radius 2 is 2.00 bits per heavy atom. The van der Waals surface area contributed by atoms with Crippen LogP contribution in [0, 0.1) is 5.41 Å². The molecular formula is C15H23N3. The SMILES string of the molecule is CN1CC2(CCCCC2)CNc2cccc(N)c21. The highest BCUT2D eigenvalue weighted by atomic mass is 15.2. The summed E-state index contributed by atoms with van der Waals surface area (Å²) in [6.07, 6.45) is 6.85. The van der Waals surface area contributed by atoms with Gasteiger partial charge in [-0.3, -0.25) is 0 Å². The van der Waals surface area contributed by atoms with Crippen LogP contribution in [0.25, 0.3) is 0 Å². The van der Waals surface area contributed by atoms with Crippen molar-refractivity contribution in [3.8, 4) is 0 Å². The first-order valence-corrected chi connectivity index (χ1v) is 7.04. The van der Waals surface area contributed by atoms with Crippen molar-refractivity contribution in [2.75, 3.05) is 36.1 Å². The van der Waals surface area contributed by atoms with Gasteiger partial charge in [-0.1, -0.05) is 25.3 Å². The summed E-state index contributed by atoms with van der Waals surface area (Å²) >= 11 is 0. The summed E-state index contributed by atoms with van der Waals surface area (Å²) in [5.74, 6) is 0. The normalized spacial score (nSPS) is 22.2. The second-order valence-electron chi connectivity index (χ2n) is 6.01. The van der Waals surface area contributed by atoms with Crippen molar-refractivity contribution in [1.82, 2.24) is 0 Å². The van der Waals surface area contributed by atoms with Crippen molar-refractivity contribution < 1.29 is 0 Å². The summed E-state index contributed by atoms with van der Waals surface area (Å²) in [6.45, 7) is 2.22. The van der Waals surface area contributed by atoms with Crippen molar-refractivity contribution >= 4 is 17.1 Å². The number of benzene rings is 1. The number of nitrogens with two attached hydrogens (primary N) is 1. The quantitative estimate of drug-likeness (QED) is 0.690. The van der Waals surface area contributed by atoms with Crippen LogP contribution in [0.1, 0.15) is 32.1 Å². The summed E-state index contributed by atoms with van der Waals surface area (Å²) in [6, 6.07) is 6.17. The molecule has 1 aliphatic heterocycles. The second kappa shape index (κ2) is 4.38. The maximum atomic E-state index is 6.14. The largest absolute Gasteiger partial charge is 0.397 e. The highest BCUT2D eigenvalue weighted by Gasteiger charge is 2.36. The van der Waals surface area contributed by atoms with Crippen LogP contribution in [0.3, 0.4) is 0 Å². The van der Waals surface area contributed by atoms with Crippen LogP contribution in [0.2, 0.25) is 0 Å². The number of fused-ring (bicyclic) bond motifs is 1. The van der Waals surface area contributed by atoms with E-state index in [2.05, 4.69) is 23.3 Å². The molecule has 0 saturated heterocycles. The van der Waals surface area contributed by atoms with Crippen LogP contribution in [-0.2, 0) is 0 Å². The van der Waals surface area contributed by atoms with E-state index < -0.39 is 0 Å². The molecular weight excluding hydrogens is 222 g/mol. The Morgan fingerprint density at radius 3 is 2.78 bits per heavy atom. The molecule has 18 heavy (non-hydrogen) atoms. The van der Waals surface area contributed by atoms with E-state index in [1.54, 1.807) is 0 Å². The minimum Gasteiger partial charge on any atom is -0.397 e. The molecule has 0 amide bonds. The average Bonchev–Trinajstić information content (AvgIpc) is 2.49. The van der Waals surface area contributed by atoms with E-state index in [9.17, 15) is 0 Å². The summed E-state index contributed by atoms with van der Waals surface area (Å²) in [7, 11) is 2.18. The van der Waals surface area contributed by atoms with Crippen LogP contribution >= 0.6 is 0 Å². The number of nitrogen functional groups attached to an aromatic ring is 1. The number of rotatable bonds is 0. The van der Waals surface area contributed by atoms with Gasteiger partial charge < -0.3 is 16.0 Å². The Labute approximate surface area is 109 Å². The smallest absolute Gasteiger partial charge is 0.0833 e. The standard InChI is InChI=1S/C15H23N3/c1-18-11-15(8-3-2-4-9-15)10-17-13-7-5-6-12(16)14(13)18/h5-7,17H,2-4,8-11,16H2,1H3. The van der Waals surface area contributed by atoms with E-state index >= 15 is 0 Å². The summed E-state index contributed by atoms with van der Waals surface area (Å²) in [5, 5.41) is 3.64. The van der Waals surface area contributed by atoms with Crippen LogP contribution in [0.15, 0.2) is 18.2 Å². The Balaban J connectivity index is 1.93. The number of hydrogen-bond donors (Lipinski definition) is 2. The Kier molecular flexibility index (Phi) is 2.84. The Morgan fingerprint density at radius 1 is 1.22 bits per heavy atom. The summed E-state index contributed by atoms with van der Waals surface area (Å²) < 4.78 is 0. The van der Waals surface area contributed by atoms with Gasteiger partial charge in [0.2, 0.25) is 0 Å². The molecule has 1 spiro atoms. The van der Waals surface area contributed by atoms with Crippen LogP contribution < -0.4 is 16.0 Å². The van der Waals surface area contributed by atoms with Gasteiger partial charge in [-0.25, -0.2) is 0 Å². The fourth-order valence-electron chi connectivity index (χ4n) is 3.69. The van der Waals surface area contributed by atoms with E-state index in [4.69, 9.17) is 5.73 Å². The average molecular weight is 245 g/mol. The molecule has 1 saturated carbocycles. The van der Waals surface area contributed by atoms with Gasteiger partial charge in [0.05, 0.1) is 17.1 Å². The Bertz CT molecular complexity index is 435. The number of anilines is 3. The molecule has 3 nitrogen and oxygen atoms in total. The predicted octanol–water partition coefficient (Wildman–Crippen LogP) is 3.08. The lowest BCUT2D eigenvalue weighted by Crippen LogP contribution is -2.40. The highest BCUT2D eigenvalue weighted by molar-refractivity contribution is 5.82. The first kappa shape index (κ1) is 11.7. The first-order chi connectivity index (χ1) is 8.70. The molecule has 1 aliphatic carbocycles.